The molecule has 0 saturated carbocycles. The van der Waals surface area contributed by atoms with Crippen molar-refractivity contribution in [2.45, 2.75) is 18.9 Å². The minimum atomic E-state index is -2.68. The average molecular weight is 244 g/mol. The molecule has 0 unspecified atom stereocenters. The molecule has 0 fully saturated rings. The van der Waals surface area contributed by atoms with Crippen molar-refractivity contribution < 1.29 is 17.6 Å². The summed E-state index contributed by atoms with van der Waals surface area (Å²) in [4.78, 5) is 0. The van der Waals surface area contributed by atoms with Crippen LogP contribution in [0, 0.1) is 11.6 Å². The van der Waals surface area contributed by atoms with Crippen LogP contribution >= 0.6 is 12.4 Å². The molecule has 86 valence electrons. The highest BCUT2D eigenvalue weighted by molar-refractivity contribution is 5.85. The van der Waals surface area contributed by atoms with Crippen LogP contribution in [0.1, 0.15) is 18.0 Å². The summed E-state index contributed by atoms with van der Waals surface area (Å²) in [5, 5.41) is 0. The van der Waals surface area contributed by atoms with Crippen molar-refractivity contribution in [2.75, 3.05) is 0 Å². The second kappa shape index (κ2) is 5.92. The molecular weight excluding hydrogens is 234 g/mol. The summed E-state index contributed by atoms with van der Waals surface area (Å²) in [6.45, 7) is 0. The van der Waals surface area contributed by atoms with Gasteiger partial charge in [-0.3, -0.25) is 0 Å². The van der Waals surface area contributed by atoms with Gasteiger partial charge in [-0.15, -0.1) is 12.4 Å². The van der Waals surface area contributed by atoms with Gasteiger partial charge in [0.05, 0.1) is 0 Å². The van der Waals surface area contributed by atoms with E-state index in [1.807, 2.05) is 0 Å². The molecule has 1 rings (SSSR count). The number of rotatable bonds is 3. The fourth-order valence-corrected chi connectivity index (χ4v) is 1.17. The van der Waals surface area contributed by atoms with Gasteiger partial charge in [-0.1, -0.05) is 6.07 Å². The number of benzene rings is 1. The number of hydrogen-bond acceptors (Lipinski definition) is 1. The Morgan fingerprint density at radius 2 is 1.60 bits per heavy atom. The van der Waals surface area contributed by atoms with Crippen molar-refractivity contribution in [2.24, 2.45) is 5.73 Å². The zero-order valence-electron chi connectivity index (χ0n) is 7.59. The van der Waals surface area contributed by atoms with Crippen molar-refractivity contribution >= 4 is 12.4 Å². The second-order valence-corrected chi connectivity index (χ2v) is 2.87. The van der Waals surface area contributed by atoms with Crippen LogP contribution in [-0.4, -0.2) is 6.43 Å². The van der Waals surface area contributed by atoms with Gasteiger partial charge in [-0.2, -0.15) is 0 Å². The summed E-state index contributed by atoms with van der Waals surface area (Å²) in [6, 6.07) is 1.83. The third-order valence-corrected chi connectivity index (χ3v) is 1.80. The van der Waals surface area contributed by atoms with E-state index in [1.165, 1.54) is 0 Å². The van der Waals surface area contributed by atoms with Crippen molar-refractivity contribution in [3.8, 4) is 0 Å². The molecule has 0 saturated heterocycles. The lowest BCUT2D eigenvalue weighted by molar-refractivity contribution is 0.127. The topological polar surface area (TPSA) is 26.0 Å². The number of hydrogen-bond donors (Lipinski definition) is 1. The highest BCUT2D eigenvalue weighted by atomic mass is 35.5. The lowest BCUT2D eigenvalue weighted by Crippen LogP contribution is -2.17. The second-order valence-electron chi connectivity index (χ2n) is 2.87. The largest absolute Gasteiger partial charge is 0.324 e. The highest BCUT2D eigenvalue weighted by Gasteiger charge is 2.19. The van der Waals surface area contributed by atoms with E-state index < -0.39 is 36.1 Å². The molecular formula is C9H10ClF4N. The van der Waals surface area contributed by atoms with Crippen LogP contribution in [0.25, 0.3) is 0 Å². The standard InChI is InChI=1S/C9H9F4N.ClH/c10-5-2-1-3-6(11)9(5)7(14)4-8(12)13;/h1-3,7-8H,4,14H2;1H/t7-;/m0./s1. The Kier molecular flexibility index (Phi) is 5.60. The van der Waals surface area contributed by atoms with Crippen molar-refractivity contribution in [1.82, 2.24) is 0 Å². The first kappa shape index (κ1) is 14.2. The summed E-state index contributed by atoms with van der Waals surface area (Å²) < 4.78 is 49.8. The first-order valence-electron chi connectivity index (χ1n) is 4.00. The van der Waals surface area contributed by atoms with Crippen molar-refractivity contribution in [3.63, 3.8) is 0 Å². The molecule has 15 heavy (non-hydrogen) atoms. The van der Waals surface area contributed by atoms with Gasteiger partial charge in [0.25, 0.3) is 0 Å². The summed E-state index contributed by atoms with van der Waals surface area (Å²) in [5.74, 6) is -1.78. The summed E-state index contributed by atoms with van der Waals surface area (Å²) in [7, 11) is 0. The zero-order valence-corrected chi connectivity index (χ0v) is 8.41. The van der Waals surface area contributed by atoms with Gasteiger partial charge in [0.2, 0.25) is 6.43 Å². The number of halogens is 5. The minimum Gasteiger partial charge on any atom is -0.324 e. The van der Waals surface area contributed by atoms with Gasteiger partial charge in [-0.05, 0) is 12.1 Å². The maximum absolute atomic E-state index is 13.0. The molecule has 0 aromatic heterocycles. The van der Waals surface area contributed by atoms with Crippen molar-refractivity contribution in [1.29, 1.82) is 0 Å². The van der Waals surface area contributed by atoms with Crippen LogP contribution in [0.15, 0.2) is 18.2 Å². The van der Waals surface area contributed by atoms with E-state index >= 15 is 0 Å². The Morgan fingerprint density at radius 1 is 1.13 bits per heavy atom. The van der Waals surface area contributed by atoms with Crippen LogP contribution < -0.4 is 5.73 Å². The zero-order chi connectivity index (χ0) is 10.7. The van der Waals surface area contributed by atoms with Gasteiger partial charge in [0.1, 0.15) is 11.6 Å². The SMILES string of the molecule is Cl.N[C@@H](CC(F)F)c1c(F)cccc1F. The molecule has 2 N–H and O–H groups in total. The fourth-order valence-electron chi connectivity index (χ4n) is 1.17. The van der Waals surface area contributed by atoms with Gasteiger partial charge in [-0.25, -0.2) is 17.6 Å². The third-order valence-electron chi connectivity index (χ3n) is 1.80. The molecule has 0 heterocycles. The van der Waals surface area contributed by atoms with E-state index in [4.69, 9.17) is 5.73 Å². The van der Waals surface area contributed by atoms with Gasteiger partial charge in [0, 0.05) is 18.0 Å². The average Bonchev–Trinajstić information content (AvgIpc) is 2.01. The predicted molar refractivity (Wildman–Crippen MR) is 51.2 cm³/mol. The van der Waals surface area contributed by atoms with E-state index in [0.717, 1.165) is 18.2 Å². The Morgan fingerprint density at radius 3 is 2.00 bits per heavy atom. The van der Waals surface area contributed by atoms with E-state index in [2.05, 4.69) is 0 Å². The van der Waals surface area contributed by atoms with Crippen molar-refractivity contribution in [3.05, 3.63) is 35.4 Å². The molecule has 6 heteroatoms. The Balaban J connectivity index is 0.00000196. The van der Waals surface area contributed by atoms with Crippen LogP contribution in [0.4, 0.5) is 17.6 Å². The van der Waals surface area contributed by atoms with Crippen LogP contribution in [0.5, 0.6) is 0 Å². The maximum Gasteiger partial charge on any atom is 0.240 e. The molecule has 0 spiro atoms. The fraction of sp³-hybridized carbons (Fsp3) is 0.333. The summed E-state index contributed by atoms with van der Waals surface area (Å²) in [5.41, 5.74) is 4.76. The van der Waals surface area contributed by atoms with Gasteiger partial charge < -0.3 is 5.73 Å². The molecule has 0 aliphatic heterocycles. The monoisotopic (exact) mass is 243 g/mol. The van der Waals surface area contributed by atoms with Gasteiger partial charge in [0.15, 0.2) is 0 Å². The number of alkyl halides is 2. The third kappa shape index (κ3) is 3.68. The molecule has 1 atom stereocenters. The maximum atomic E-state index is 13.0. The lowest BCUT2D eigenvalue weighted by atomic mass is 10.0. The Labute approximate surface area is 90.7 Å². The smallest absolute Gasteiger partial charge is 0.240 e. The normalized spacial score (nSPS) is 12.4. The molecule has 0 aliphatic carbocycles. The molecule has 0 amide bonds. The lowest BCUT2D eigenvalue weighted by Gasteiger charge is -2.12. The number of nitrogens with two attached hydrogens (primary N) is 1. The summed E-state index contributed by atoms with van der Waals surface area (Å²) in [6.07, 6.45) is -3.43. The van der Waals surface area contributed by atoms with Crippen LogP contribution in [-0.2, 0) is 0 Å². The van der Waals surface area contributed by atoms with E-state index in [-0.39, 0.29) is 12.4 Å². The molecule has 1 aromatic rings. The quantitative estimate of drug-likeness (QED) is 0.812. The van der Waals surface area contributed by atoms with Gasteiger partial charge >= 0.3 is 0 Å². The highest BCUT2D eigenvalue weighted by Crippen LogP contribution is 2.23. The van der Waals surface area contributed by atoms with Crippen LogP contribution in [0.3, 0.4) is 0 Å². The molecule has 1 nitrogen and oxygen atoms in total. The Bertz CT molecular complexity index is 299. The van der Waals surface area contributed by atoms with E-state index in [1.54, 1.807) is 0 Å². The minimum absolute atomic E-state index is 0. The molecule has 0 aliphatic rings. The molecule has 0 bridgehead atoms. The predicted octanol–water partition coefficient (Wildman–Crippen LogP) is 3.04. The van der Waals surface area contributed by atoms with E-state index in [9.17, 15) is 17.6 Å². The summed E-state index contributed by atoms with van der Waals surface area (Å²) >= 11 is 0. The van der Waals surface area contributed by atoms with E-state index in [0.29, 0.717) is 0 Å². The first-order chi connectivity index (χ1) is 6.52. The molecule has 0 radical (unpaired) electrons. The molecule has 1 aromatic carbocycles. The Hall–Kier alpha value is -0.810. The van der Waals surface area contributed by atoms with Crippen LogP contribution in [0.2, 0.25) is 0 Å². The first-order valence-corrected chi connectivity index (χ1v) is 4.00.